The number of hydrogen-bond acceptors (Lipinski definition) is 2. The number of carbonyl (C=O) groups excluding carboxylic acids is 2. The molecule has 1 aromatic carbocycles. The van der Waals surface area contributed by atoms with Crippen molar-refractivity contribution in [3.8, 4) is 0 Å². The van der Waals surface area contributed by atoms with Crippen LogP contribution in [0, 0.1) is 6.92 Å². The summed E-state index contributed by atoms with van der Waals surface area (Å²) in [5.74, 6) is -0.391. The lowest BCUT2D eigenvalue weighted by molar-refractivity contribution is -0.136. The lowest BCUT2D eigenvalue weighted by atomic mass is 10.1. The van der Waals surface area contributed by atoms with Crippen LogP contribution in [0.4, 0.5) is 0 Å². The van der Waals surface area contributed by atoms with Crippen molar-refractivity contribution in [3.05, 3.63) is 47.5 Å². The Labute approximate surface area is 101 Å². The fourth-order valence-corrected chi connectivity index (χ4v) is 1.85. The van der Waals surface area contributed by atoms with Crippen LogP contribution >= 0.6 is 0 Å². The summed E-state index contributed by atoms with van der Waals surface area (Å²) >= 11 is 0. The van der Waals surface area contributed by atoms with Gasteiger partial charge in [-0.25, -0.2) is 0 Å². The molecule has 0 aliphatic carbocycles. The van der Waals surface area contributed by atoms with Crippen molar-refractivity contribution in [2.75, 3.05) is 6.54 Å². The molecule has 0 saturated carbocycles. The molecular formula is C14H15NO2. The zero-order valence-electron chi connectivity index (χ0n) is 9.85. The Morgan fingerprint density at radius 1 is 1.00 bits per heavy atom. The van der Waals surface area contributed by atoms with Gasteiger partial charge in [-0.05, 0) is 25.3 Å². The maximum Gasteiger partial charge on any atom is 0.253 e. The van der Waals surface area contributed by atoms with Crippen LogP contribution in [-0.4, -0.2) is 23.3 Å². The van der Waals surface area contributed by atoms with E-state index in [1.54, 1.807) is 0 Å². The number of amides is 2. The molecule has 0 fully saturated rings. The largest absolute Gasteiger partial charge is 0.275 e. The summed E-state index contributed by atoms with van der Waals surface area (Å²) in [7, 11) is 0. The van der Waals surface area contributed by atoms with E-state index in [4.69, 9.17) is 0 Å². The third-order valence-electron chi connectivity index (χ3n) is 2.87. The number of benzene rings is 1. The topological polar surface area (TPSA) is 37.4 Å². The second-order valence-corrected chi connectivity index (χ2v) is 4.25. The second kappa shape index (κ2) is 4.95. The van der Waals surface area contributed by atoms with Crippen molar-refractivity contribution >= 4 is 11.8 Å². The first-order valence-electron chi connectivity index (χ1n) is 5.76. The molecule has 0 spiro atoms. The molecule has 0 aromatic heterocycles. The Hall–Kier alpha value is -1.90. The molecule has 0 radical (unpaired) electrons. The van der Waals surface area contributed by atoms with Crippen LogP contribution in [-0.2, 0) is 16.0 Å². The lowest BCUT2D eigenvalue weighted by Gasteiger charge is -2.13. The van der Waals surface area contributed by atoms with Gasteiger partial charge in [0.15, 0.2) is 0 Å². The smallest absolute Gasteiger partial charge is 0.253 e. The molecule has 1 aromatic rings. The van der Waals surface area contributed by atoms with E-state index in [-0.39, 0.29) is 11.8 Å². The summed E-state index contributed by atoms with van der Waals surface area (Å²) < 4.78 is 0. The van der Waals surface area contributed by atoms with Gasteiger partial charge in [0, 0.05) is 18.7 Å². The molecule has 0 bridgehead atoms. The highest BCUT2D eigenvalue weighted by Gasteiger charge is 2.22. The van der Waals surface area contributed by atoms with Gasteiger partial charge in [0.2, 0.25) is 0 Å². The fraction of sp³-hybridized carbons (Fsp3) is 0.286. The normalized spacial score (nSPS) is 14.8. The molecule has 88 valence electrons. The monoisotopic (exact) mass is 229 g/mol. The van der Waals surface area contributed by atoms with Gasteiger partial charge in [-0.2, -0.15) is 0 Å². The van der Waals surface area contributed by atoms with Gasteiger partial charge in [0.25, 0.3) is 11.8 Å². The van der Waals surface area contributed by atoms with Crippen molar-refractivity contribution in [2.45, 2.75) is 19.8 Å². The quantitative estimate of drug-likeness (QED) is 0.739. The molecule has 1 heterocycles. The molecule has 2 amide bonds. The molecule has 3 nitrogen and oxygen atoms in total. The minimum absolute atomic E-state index is 0.195. The van der Waals surface area contributed by atoms with Crippen molar-refractivity contribution in [2.24, 2.45) is 0 Å². The number of imide groups is 1. The molecule has 1 aliphatic rings. The van der Waals surface area contributed by atoms with Crippen LogP contribution in [0.2, 0.25) is 0 Å². The van der Waals surface area contributed by atoms with Crippen LogP contribution in [0.3, 0.4) is 0 Å². The van der Waals surface area contributed by atoms with Crippen molar-refractivity contribution < 1.29 is 9.59 Å². The standard InChI is InChI=1S/C14H15NO2/c1-11-4-6-12(7-5-11)3-2-10-15-13(16)8-9-14(15)17/h4-9H,2-3,10H2,1H3. The van der Waals surface area contributed by atoms with Crippen LogP contribution in [0.5, 0.6) is 0 Å². The Balaban J connectivity index is 1.82. The summed E-state index contributed by atoms with van der Waals surface area (Å²) in [6.45, 7) is 2.55. The van der Waals surface area contributed by atoms with Crippen molar-refractivity contribution in [3.63, 3.8) is 0 Å². The minimum Gasteiger partial charge on any atom is -0.275 e. The minimum atomic E-state index is -0.195. The van der Waals surface area contributed by atoms with E-state index in [2.05, 4.69) is 31.2 Å². The highest BCUT2D eigenvalue weighted by Crippen LogP contribution is 2.09. The Bertz CT molecular complexity index is 442. The number of aryl methyl sites for hydroxylation is 2. The van der Waals surface area contributed by atoms with Crippen LogP contribution < -0.4 is 0 Å². The second-order valence-electron chi connectivity index (χ2n) is 4.25. The van der Waals surface area contributed by atoms with Crippen LogP contribution in [0.15, 0.2) is 36.4 Å². The highest BCUT2D eigenvalue weighted by atomic mass is 16.2. The van der Waals surface area contributed by atoms with Gasteiger partial charge in [-0.1, -0.05) is 29.8 Å². The first kappa shape index (κ1) is 11.6. The van der Waals surface area contributed by atoms with E-state index in [0.717, 1.165) is 12.8 Å². The predicted molar refractivity (Wildman–Crippen MR) is 65.4 cm³/mol. The molecule has 0 atom stereocenters. The molecular weight excluding hydrogens is 214 g/mol. The molecule has 3 heteroatoms. The summed E-state index contributed by atoms with van der Waals surface area (Å²) in [6, 6.07) is 8.31. The van der Waals surface area contributed by atoms with E-state index in [0.29, 0.717) is 6.54 Å². The molecule has 0 unspecified atom stereocenters. The summed E-state index contributed by atoms with van der Waals surface area (Å²) in [5, 5.41) is 0. The Morgan fingerprint density at radius 2 is 1.59 bits per heavy atom. The molecule has 2 rings (SSSR count). The average Bonchev–Trinajstić information content (AvgIpc) is 2.63. The van der Waals surface area contributed by atoms with Crippen molar-refractivity contribution in [1.29, 1.82) is 0 Å². The number of carbonyl (C=O) groups is 2. The van der Waals surface area contributed by atoms with E-state index in [9.17, 15) is 9.59 Å². The number of rotatable bonds is 4. The van der Waals surface area contributed by atoms with E-state index >= 15 is 0 Å². The van der Waals surface area contributed by atoms with Crippen molar-refractivity contribution in [1.82, 2.24) is 4.90 Å². The first-order valence-corrected chi connectivity index (χ1v) is 5.76. The van der Waals surface area contributed by atoms with Gasteiger partial charge >= 0.3 is 0 Å². The maximum absolute atomic E-state index is 11.3. The summed E-state index contributed by atoms with van der Waals surface area (Å²) in [5.41, 5.74) is 2.48. The molecule has 1 aliphatic heterocycles. The van der Waals surface area contributed by atoms with Gasteiger partial charge < -0.3 is 0 Å². The third kappa shape index (κ3) is 2.81. The van der Waals surface area contributed by atoms with Crippen LogP contribution in [0.1, 0.15) is 17.5 Å². The zero-order valence-corrected chi connectivity index (χ0v) is 9.85. The summed E-state index contributed by atoms with van der Waals surface area (Å²) in [6.07, 6.45) is 4.35. The molecule has 17 heavy (non-hydrogen) atoms. The van der Waals surface area contributed by atoms with Crippen LogP contribution in [0.25, 0.3) is 0 Å². The van der Waals surface area contributed by atoms with Gasteiger partial charge in [0.1, 0.15) is 0 Å². The molecule has 0 saturated heterocycles. The summed E-state index contributed by atoms with van der Waals surface area (Å²) in [4.78, 5) is 23.9. The zero-order chi connectivity index (χ0) is 12.3. The SMILES string of the molecule is Cc1ccc(CCCN2C(=O)C=CC2=O)cc1. The first-order chi connectivity index (χ1) is 8.16. The fourth-order valence-electron chi connectivity index (χ4n) is 1.85. The Kier molecular flexibility index (Phi) is 3.38. The number of hydrogen-bond donors (Lipinski definition) is 0. The number of nitrogens with zero attached hydrogens (tertiary/aromatic N) is 1. The Morgan fingerprint density at radius 3 is 2.18 bits per heavy atom. The highest BCUT2D eigenvalue weighted by molar-refractivity contribution is 6.12. The third-order valence-corrected chi connectivity index (χ3v) is 2.87. The lowest BCUT2D eigenvalue weighted by Crippen LogP contribution is -2.31. The van der Waals surface area contributed by atoms with E-state index in [1.807, 2.05) is 0 Å². The molecule has 0 N–H and O–H groups in total. The predicted octanol–water partition coefficient (Wildman–Crippen LogP) is 1.85. The van der Waals surface area contributed by atoms with Gasteiger partial charge in [-0.15, -0.1) is 0 Å². The van der Waals surface area contributed by atoms with Gasteiger partial charge in [-0.3, -0.25) is 14.5 Å². The van der Waals surface area contributed by atoms with Gasteiger partial charge in [0.05, 0.1) is 0 Å². The maximum atomic E-state index is 11.3. The average molecular weight is 229 g/mol. The van der Waals surface area contributed by atoms with E-state index in [1.165, 1.54) is 28.2 Å². The van der Waals surface area contributed by atoms with E-state index < -0.39 is 0 Å².